The molecule has 0 radical (unpaired) electrons. The molecule has 3 rings (SSSR count). The molecule has 2 amide bonds. The lowest BCUT2D eigenvalue weighted by Gasteiger charge is -2.11. The first kappa shape index (κ1) is 21.5. The van der Waals surface area contributed by atoms with Gasteiger partial charge in [0.1, 0.15) is 5.75 Å². The van der Waals surface area contributed by atoms with Gasteiger partial charge in [0, 0.05) is 41.8 Å². The van der Waals surface area contributed by atoms with Crippen LogP contribution >= 0.6 is 11.6 Å². The molecule has 0 aliphatic rings. The van der Waals surface area contributed by atoms with Crippen molar-refractivity contribution in [3.05, 3.63) is 82.6 Å². The largest absolute Gasteiger partial charge is 0.484 e. The number of carbonyl (C=O) groups excluding carboxylic acids is 2. The average Bonchev–Trinajstić information content (AvgIpc) is 3.28. The van der Waals surface area contributed by atoms with Crippen LogP contribution in [0.4, 0.5) is 0 Å². The lowest BCUT2D eigenvalue weighted by molar-refractivity contribution is -0.123. The topological polar surface area (TPSA) is 72.4 Å². The maximum Gasteiger partial charge on any atom is 0.258 e. The molecule has 0 unspecified atom stereocenters. The molecular weight excluding hydrogens is 402 g/mol. The smallest absolute Gasteiger partial charge is 0.258 e. The second-order valence-electron chi connectivity index (χ2n) is 6.90. The van der Waals surface area contributed by atoms with E-state index in [-0.39, 0.29) is 18.4 Å². The van der Waals surface area contributed by atoms with Crippen molar-refractivity contribution in [2.45, 2.75) is 13.8 Å². The first-order valence-corrected chi connectivity index (χ1v) is 9.99. The van der Waals surface area contributed by atoms with E-state index in [4.69, 9.17) is 16.3 Å². The molecule has 0 saturated heterocycles. The minimum absolute atomic E-state index is 0.102. The molecule has 2 N–H and O–H groups in total. The van der Waals surface area contributed by atoms with Crippen LogP contribution in [0.15, 0.2) is 60.9 Å². The number of nitrogens with one attached hydrogen (secondary N) is 2. The minimum atomic E-state index is -0.259. The maximum absolute atomic E-state index is 12.2. The number of amides is 2. The highest BCUT2D eigenvalue weighted by Gasteiger charge is 2.08. The fourth-order valence-electron chi connectivity index (χ4n) is 2.96. The third-order valence-corrected chi connectivity index (χ3v) is 5.14. The Morgan fingerprint density at radius 3 is 2.20 bits per heavy atom. The van der Waals surface area contributed by atoms with Gasteiger partial charge in [0.15, 0.2) is 6.61 Å². The van der Waals surface area contributed by atoms with Crippen molar-refractivity contribution in [2.24, 2.45) is 0 Å². The molecule has 0 fully saturated rings. The zero-order valence-corrected chi connectivity index (χ0v) is 17.7. The fourth-order valence-corrected chi connectivity index (χ4v) is 3.07. The Hall–Kier alpha value is -3.25. The van der Waals surface area contributed by atoms with Crippen molar-refractivity contribution in [2.75, 3.05) is 19.7 Å². The summed E-state index contributed by atoms with van der Waals surface area (Å²) in [4.78, 5) is 24.2. The summed E-state index contributed by atoms with van der Waals surface area (Å²) in [6.07, 6.45) is 3.88. The summed E-state index contributed by atoms with van der Waals surface area (Å²) in [5.41, 5.74) is 3.34. The Morgan fingerprint density at radius 2 is 1.57 bits per heavy atom. The van der Waals surface area contributed by atoms with E-state index in [0.29, 0.717) is 29.4 Å². The van der Waals surface area contributed by atoms with Gasteiger partial charge in [0.05, 0.1) is 0 Å². The van der Waals surface area contributed by atoms with E-state index < -0.39 is 0 Å². The van der Waals surface area contributed by atoms with Crippen LogP contribution in [-0.2, 0) is 4.79 Å². The number of aromatic nitrogens is 1. The van der Waals surface area contributed by atoms with Gasteiger partial charge in [-0.05, 0) is 73.5 Å². The summed E-state index contributed by atoms with van der Waals surface area (Å²) in [5.74, 6) is 0.151. The van der Waals surface area contributed by atoms with Gasteiger partial charge in [0.2, 0.25) is 0 Å². The van der Waals surface area contributed by atoms with Crippen molar-refractivity contribution in [3.63, 3.8) is 0 Å². The molecule has 156 valence electrons. The number of halogens is 1. The molecule has 0 spiro atoms. The SMILES string of the molecule is Cc1cc(OCC(=O)NCCNC(=O)c2ccc(-n3cccc3)cc2)cc(C)c1Cl. The van der Waals surface area contributed by atoms with E-state index >= 15 is 0 Å². The van der Waals surface area contributed by atoms with E-state index in [1.165, 1.54) is 0 Å². The molecule has 0 atom stereocenters. The Bertz CT molecular complexity index is 992. The van der Waals surface area contributed by atoms with Crippen molar-refractivity contribution in [3.8, 4) is 11.4 Å². The summed E-state index contributed by atoms with van der Waals surface area (Å²) in [5, 5.41) is 6.20. The fraction of sp³-hybridized carbons (Fsp3) is 0.217. The van der Waals surface area contributed by atoms with Crippen LogP contribution in [0.1, 0.15) is 21.5 Å². The van der Waals surface area contributed by atoms with Crippen LogP contribution in [0.3, 0.4) is 0 Å². The number of aryl methyl sites for hydroxylation is 2. The lowest BCUT2D eigenvalue weighted by atomic mass is 10.1. The number of hydrogen-bond acceptors (Lipinski definition) is 3. The van der Waals surface area contributed by atoms with Gasteiger partial charge < -0.3 is 19.9 Å². The number of carbonyl (C=O) groups is 2. The number of ether oxygens (including phenoxy) is 1. The molecule has 6 nitrogen and oxygen atoms in total. The number of hydrogen-bond donors (Lipinski definition) is 2. The number of benzene rings is 2. The number of nitrogens with zero attached hydrogens (tertiary/aromatic N) is 1. The summed E-state index contributed by atoms with van der Waals surface area (Å²) < 4.78 is 7.48. The average molecular weight is 426 g/mol. The van der Waals surface area contributed by atoms with Gasteiger partial charge in [0.25, 0.3) is 11.8 Å². The monoisotopic (exact) mass is 425 g/mol. The Morgan fingerprint density at radius 1 is 0.967 bits per heavy atom. The highest BCUT2D eigenvalue weighted by molar-refractivity contribution is 6.32. The van der Waals surface area contributed by atoms with Gasteiger partial charge in [-0.3, -0.25) is 9.59 Å². The van der Waals surface area contributed by atoms with E-state index in [1.54, 1.807) is 24.3 Å². The third kappa shape index (κ3) is 5.64. The zero-order chi connectivity index (χ0) is 21.5. The van der Waals surface area contributed by atoms with E-state index in [1.807, 2.05) is 55.1 Å². The molecule has 7 heteroatoms. The van der Waals surface area contributed by atoms with E-state index in [0.717, 1.165) is 16.8 Å². The molecule has 0 bridgehead atoms. The highest BCUT2D eigenvalue weighted by atomic mass is 35.5. The van der Waals surface area contributed by atoms with E-state index in [9.17, 15) is 9.59 Å². The van der Waals surface area contributed by atoms with Crippen LogP contribution in [0.5, 0.6) is 5.75 Å². The summed E-state index contributed by atoms with van der Waals surface area (Å²) >= 11 is 6.13. The van der Waals surface area contributed by atoms with Crippen molar-refractivity contribution in [1.29, 1.82) is 0 Å². The Balaban J connectivity index is 1.38. The van der Waals surface area contributed by atoms with Crippen LogP contribution in [0.2, 0.25) is 5.02 Å². The molecule has 1 heterocycles. The van der Waals surface area contributed by atoms with Gasteiger partial charge >= 0.3 is 0 Å². The zero-order valence-electron chi connectivity index (χ0n) is 16.9. The first-order valence-electron chi connectivity index (χ1n) is 9.62. The molecule has 0 aliphatic carbocycles. The predicted molar refractivity (Wildman–Crippen MR) is 118 cm³/mol. The maximum atomic E-state index is 12.2. The third-order valence-electron chi connectivity index (χ3n) is 4.54. The Kier molecular flexibility index (Phi) is 7.14. The van der Waals surface area contributed by atoms with Crippen LogP contribution < -0.4 is 15.4 Å². The normalized spacial score (nSPS) is 10.5. The molecule has 0 aliphatic heterocycles. The molecule has 0 saturated carbocycles. The second kappa shape index (κ2) is 9.98. The lowest BCUT2D eigenvalue weighted by Crippen LogP contribution is -2.36. The van der Waals surface area contributed by atoms with Gasteiger partial charge in [-0.25, -0.2) is 0 Å². The Labute approximate surface area is 180 Å². The first-order chi connectivity index (χ1) is 14.4. The summed E-state index contributed by atoms with van der Waals surface area (Å²) in [7, 11) is 0. The molecule has 2 aromatic carbocycles. The van der Waals surface area contributed by atoms with Crippen molar-refractivity contribution >= 4 is 23.4 Å². The van der Waals surface area contributed by atoms with Gasteiger partial charge in [-0.2, -0.15) is 0 Å². The number of rotatable bonds is 8. The summed E-state index contributed by atoms with van der Waals surface area (Å²) in [6.45, 7) is 4.31. The van der Waals surface area contributed by atoms with Crippen molar-refractivity contribution < 1.29 is 14.3 Å². The molecule has 3 aromatic rings. The van der Waals surface area contributed by atoms with Crippen LogP contribution in [0.25, 0.3) is 5.69 Å². The minimum Gasteiger partial charge on any atom is -0.484 e. The molecular formula is C23H24ClN3O3. The summed E-state index contributed by atoms with van der Waals surface area (Å²) in [6, 6.07) is 14.8. The molecule has 30 heavy (non-hydrogen) atoms. The van der Waals surface area contributed by atoms with E-state index in [2.05, 4.69) is 10.6 Å². The van der Waals surface area contributed by atoms with Crippen LogP contribution in [0, 0.1) is 13.8 Å². The highest BCUT2D eigenvalue weighted by Crippen LogP contribution is 2.25. The second-order valence-corrected chi connectivity index (χ2v) is 7.28. The standard InChI is InChI=1S/C23H24ClN3O3/c1-16-13-20(14-17(2)22(16)24)30-15-21(28)25-9-10-26-23(29)18-5-7-19(8-6-18)27-11-3-4-12-27/h3-8,11-14H,9-10,15H2,1-2H3,(H,25,28)(H,26,29). The van der Waals surface area contributed by atoms with Gasteiger partial charge in [-0.15, -0.1) is 0 Å². The molecule has 1 aromatic heterocycles. The van der Waals surface area contributed by atoms with Gasteiger partial charge in [-0.1, -0.05) is 11.6 Å². The predicted octanol–water partition coefficient (Wildman–Crippen LogP) is 3.67. The van der Waals surface area contributed by atoms with Crippen molar-refractivity contribution in [1.82, 2.24) is 15.2 Å². The van der Waals surface area contributed by atoms with Crippen LogP contribution in [-0.4, -0.2) is 36.1 Å². The quantitative estimate of drug-likeness (QED) is 0.541.